The Morgan fingerprint density at radius 3 is 2.50 bits per heavy atom. The van der Waals surface area contributed by atoms with E-state index in [9.17, 15) is 9.18 Å². The number of piperazine rings is 1. The van der Waals surface area contributed by atoms with Crippen molar-refractivity contribution in [2.45, 2.75) is 12.8 Å². The fraction of sp³-hybridized carbons (Fsp3) is 0.346. The fourth-order valence-electron chi connectivity index (χ4n) is 4.80. The number of rotatable bonds is 4. The molecule has 0 saturated carbocycles. The van der Waals surface area contributed by atoms with Crippen molar-refractivity contribution in [2.24, 2.45) is 5.92 Å². The Balaban J connectivity index is 1.21. The minimum atomic E-state index is -0.416. The van der Waals surface area contributed by atoms with Gasteiger partial charge < -0.3 is 14.7 Å². The molecule has 8 heteroatoms. The topological polar surface area (TPSA) is 52.6 Å². The molecule has 0 N–H and O–H groups in total. The monoisotopic (exact) mass is 479 g/mol. The minimum absolute atomic E-state index is 0.0456. The number of nitrogens with zero attached hydrogens (tertiary/aromatic N) is 5. The number of aromatic nitrogens is 2. The van der Waals surface area contributed by atoms with Crippen molar-refractivity contribution in [3.8, 4) is 11.3 Å². The van der Waals surface area contributed by atoms with Gasteiger partial charge in [0.15, 0.2) is 0 Å². The van der Waals surface area contributed by atoms with Crippen molar-refractivity contribution in [3.05, 3.63) is 71.8 Å². The molecule has 2 aliphatic rings. The van der Waals surface area contributed by atoms with E-state index < -0.39 is 5.82 Å². The molecule has 1 aromatic heterocycles. The average molecular weight is 480 g/mol. The number of hydrogen-bond acceptors (Lipinski definition) is 5. The summed E-state index contributed by atoms with van der Waals surface area (Å²) < 4.78 is 13.5. The highest BCUT2D eigenvalue weighted by molar-refractivity contribution is 6.31. The molecule has 0 spiro atoms. The molecule has 2 aromatic carbocycles. The Labute approximate surface area is 204 Å². The molecule has 0 radical (unpaired) electrons. The molecule has 3 aromatic rings. The zero-order valence-electron chi connectivity index (χ0n) is 18.9. The van der Waals surface area contributed by atoms with Crippen LogP contribution in [0.4, 0.5) is 15.9 Å². The van der Waals surface area contributed by atoms with Crippen molar-refractivity contribution < 1.29 is 9.18 Å². The van der Waals surface area contributed by atoms with Crippen LogP contribution in [-0.4, -0.2) is 60.0 Å². The van der Waals surface area contributed by atoms with Crippen molar-refractivity contribution >= 4 is 29.0 Å². The summed E-state index contributed by atoms with van der Waals surface area (Å²) in [6.45, 7) is 4.25. The summed E-state index contributed by atoms with van der Waals surface area (Å²) in [6, 6.07) is 16.8. The smallest absolute Gasteiger partial charge is 0.227 e. The maximum Gasteiger partial charge on any atom is 0.227 e. The van der Waals surface area contributed by atoms with Crippen LogP contribution in [0.3, 0.4) is 0 Å². The Hall–Kier alpha value is -3.19. The van der Waals surface area contributed by atoms with E-state index in [1.807, 2.05) is 41.3 Å². The zero-order chi connectivity index (χ0) is 23.5. The third-order valence-corrected chi connectivity index (χ3v) is 6.97. The Bertz CT molecular complexity index is 1150. The summed E-state index contributed by atoms with van der Waals surface area (Å²) in [4.78, 5) is 28.6. The summed E-state index contributed by atoms with van der Waals surface area (Å²) in [5.41, 5.74) is 2.83. The van der Waals surface area contributed by atoms with Gasteiger partial charge in [0.05, 0.1) is 16.6 Å². The lowest BCUT2D eigenvalue weighted by Gasteiger charge is -2.40. The highest BCUT2D eigenvalue weighted by atomic mass is 35.5. The fourth-order valence-corrected chi connectivity index (χ4v) is 4.97. The number of halogens is 2. The minimum Gasteiger partial charge on any atom is -0.368 e. The number of amides is 1. The van der Waals surface area contributed by atoms with Crippen LogP contribution in [0.25, 0.3) is 11.3 Å². The second kappa shape index (κ2) is 9.97. The lowest BCUT2D eigenvalue weighted by molar-refractivity contribution is -0.136. The van der Waals surface area contributed by atoms with E-state index >= 15 is 0 Å². The van der Waals surface area contributed by atoms with Crippen LogP contribution in [0.5, 0.6) is 0 Å². The molecule has 6 nitrogen and oxygen atoms in total. The van der Waals surface area contributed by atoms with E-state index in [4.69, 9.17) is 11.6 Å². The first-order chi connectivity index (χ1) is 16.6. The van der Waals surface area contributed by atoms with Crippen molar-refractivity contribution in [3.63, 3.8) is 0 Å². The number of carbonyl (C=O) groups is 1. The molecule has 2 saturated heterocycles. The molecule has 5 rings (SSSR count). The van der Waals surface area contributed by atoms with Gasteiger partial charge >= 0.3 is 0 Å². The lowest BCUT2D eigenvalue weighted by Crippen LogP contribution is -2.52. The van der Waals surface area contributed by atoms with Crippen molar-refractivity contribution in [2.75, 3.05) is 49.1 Å². The summed E-state index contributed by atoms with van der Waals surface area (Å²) in [5, 5.41) is 0.124. The van der Waals surface area contributed by atoms with E-state index in [0.717, 1.165) is 42.1 Å². The first-order valence-corrected chi connectivity index (χ1v) is 12.1. The number of benzene rings is 2. The van der Waals surface area contributed by atoms with E-state index in [1.54, 1.807) is 18.5 Å². The molecule has 1 atom stereocenters. The maximum absolute atomic E-state index is 13.5. The Morgan fingerprint density at radius 1 is 0.941 bits per heavy atom. The second-order valence-electron chi connectivity index (χ2n) is 8.82. The molecule has 0 aliphatic carbocycles. The number of carbonyl (C=O) groups excluding carboxylic acids is 1. The first kappa shape index (κ1) is 22.6. The van der Waals surface area contributed by atoms with Gasteiger partial charge in [0.1, 0.15) is 18.0 Å². The van der Waals surface area contributed by atoms with Crippen LogP contribution >= 0.6 is 11.6 Å². The standard InChI is InChI=1S/C26H27ClFN5O/c27-22-15-21(8-9-23(22)28)31-11-13-32(14-12-31)26(34)20-7-4-10-33(17-20)25-16-24(29-18-30-25)19-5-2-1-3-6-19/h1-3,5-6,8-9,15-16,18,20H,4,7,10-14,17H2. The lowest BCUT2D eigenvalue weighted by atomic mass is 9.96. The van der Waals surface area contributed by atoms with Crippen LogP contribution in [0, 0.1) is 11.7 Å². The first-order valence-electron chi connectivity index (χ1n) is 11.7. The normalized spacial score (nSPS) is 18.8. The SMILES string of the molecule is O=C(C1CCCN(c2cc(-c3ccccc3)ncn2)C1)N1CCN(c2ccc(F)c(Cl)c2)CC1. The van der Waals surface area contributed by atoms with Gasteiger partial charge in [-0.1, -0.05) is 41.9 Å². The molecule has 34 heavy (non-hydrogen) atoms. The van der Waals surface area contributed by atoms with E-state index in [1.165, 1.54) is 6.07 Å². The summed E-state index contributed by atoms with van der Waals surface area (Å²) in [6.07, 6.45) is 3.44. The van der Waals surface area contributed by atoms with E-state index in [0.29, 0.717) is 32.7 Å². The Morgan fingerprint density at radius 2 is 1.74 bits per heavy atom. The van der Waals surface area contributed by atoms with Crippen LogP contribution in [0.15, 0.2) is 60.9 Å². The van der Waals surface area contributed by atoms with Gasteiger partial charge in [-0.25, -0.2) is 14.4 Å². The van der Waals surface area contributed by atoms with Gasteiger partial charge in [-0.2, -0.15) is 0 Å². The van der Waals surface area contributed by atoms with Crippen LogP contribution in [0.1, 0.15) is 12.8 Å². The van der Waals surface area contributed by atoms with Gasteiger partial charge in [-0.15, -0.1) is 0 Å². The Kier molecular flexibility index (Phi) is 6.63. The largest absolute Gasteiger partial charge is 0.368 e. The molecule has 1 amide bonds. The van der Waals surface area contributed by atoms with Crippen LogP contribution in [-0.2, 0) is 4.79 Å². The average Bonchev–Trinajstić information content (AvgIpc) is 2.90. The molecule has 176 valence electrons. The van der Waals surface area contributed by atoms with E-state index in [-0.39, 0.29) is 16.8 Å². The third-order valence-electron chi connectivity index (χ3n) is 6.68. The van der Waals surface area contributed by atoms with E-state index in [2.05, 4.69) is 19.8 Å². The predicted octanol–water partition coefficient (Wildman–Crippen LogP) is 4.50. The quantitative estimate of drug-likeness (QED) is 0.551. The number of hydrogen-bond donors (Lipinski definition) is 0. The summed E-state index contributed by atoms with van der Waals surface area (Å²) in [7, 11) is 0. The number of piperidine rings is 1. The zero-order valence-corrected chi connectivity index (χ0v) is 19.7. The summed E-state index contributed by atoms with van der Waals surface area (Å²) >= 11 is 5.94. The van der Waals surface area contributed by atoms with Gasteiger partial charge in [0.25, 0.3) is 0 Å². The molecular formula is C26H27ClFN5O. The van der Waals surface area contributed by atoms with Crippen molar-refractivity contribution in [1.82, 2.24) is 14.9 Å². The predicted molar refractivity (Wildman–Crippen MR) is 133 cm³/mol. The van der Waals surface area contributed by atoms with Gasteiger partial charge in [-0.3, -0.25) is 4.79 Å². The van der Waals surface area contributed by atoms with Gasteiger partial charge in [0.2, 0.25) is 5.91 Å². The highest BCUT2D eigenvalue weighted by Crippen LogP contribution is 2.27. The third kappa shape index (κ3) is 4.85. The molecule has 1 unspecified atom stereocenters. The molecule has 2 aliphatic heterocycles. The molecule has 3 heterocycles. The highest BCUT2D eigenvalue weighted by Gasteiger charge is 2.31. The van der Waals surface area contributed by atoms with Crippen molar-refractivity contribution in [1.29, 1.82) is 0 Å². The molecule has 2 fully saturated rings. The van der Waals surface area contributed by atoms with Gasteiger partial charge in [0, 0.05) is 56.6 Å². The molecular weight excluding hydrogens is 453 g/mol. The van der Waals surface area contributed by atoms with Crippen LogP contribution < -0.4 is 9.80 Å². The number of anilines is 2. The second-order valence-corrected chi connectivity index (χ2v) is 9.23. The molecule has 0 bridgehead atoms. The summed E-state index contributed by atoms with van der Waals surface area (Å²) in [5.74, 6) is 0.611. The van der Waals surface area contributed by atoms with Crippen LogP contribution in [0.2, 0.25) is 5.02 Å². The maximum atomic E-state index is 13.5. The van der Waals surface area contributed by atoms with Gasteiger partial charge in [-0.05, 0) is 31.0 Å².